The standard InChI is InChI=1S/C15H30N2O.BrH/c1-2-3-4-5-6-7-8-9-10-15-16-11-12-17(15)13-14-18;/h18H,2-14H2,1H3;1H. The van der Waals surface area contributed by atoms with Crippen molar-refractivity contribution < 1.29 is 5.11 Å². The number of unbranched alkanes of at least 4 members (excludes halogenated alkanes) is 7. The molecule has 1 rings (SSSR count). The van der Waals surface area contributed by atoms with Crippen molar-refractivity contribution in [1.29, 1.82) is 0 Å². The summed E-state index contributed by atoms with van der Waals surface area (Å²) < 4.78 is 0. The minimum absolute atomic E-state index is 0. The summed E-state index contributed by atoms with van der Waals surface area (Å²) in [7, 11) is 0. The van der Waals surface area contributed by atoms with Gasteiger partial charge in [-0.3, -0.25) is 4.99 Å². The second-order valence-corrected chi connectivity index (χ2v) is 5.23. The molecule has 0 atom stereocenters. The summed E-state index contributed by atoms with van der Waals surface area (Å²) >= 11 is 0. The monoisotopic (exact) mass is 334 g/mol. The molecule has 0 spiro atoms. The second-order valence-electron chi connectivity index (χ2n) is 5.23. The molecule has 0 aromatic heterocycles. The van der Waals surface area contributed by atoms with Crippen molar-refractivity contribution in [3.8, 4) is 0 Å². The zero-order valence-corrected chi connectivity index (χ0v) is 14.2. The fourth-order valence-electron chi connectivity index (χ4n) is 2.54. The highest BCUT2D eigenvalue weighted by Gasteiger charge is 2.14. The van der Waals surface area contributed by atoms with Crippen LogP contribution in [0.5, 0.6) is 0 Å². The first-order valence-corrected chi connectivity index (χ1v) is 7.77. The average molecular weight is 335 g/mol. The van der Waals surface area contributed by atoms with Crippen LogP contribution < -0.4 is 0 Å². The van der Waals surface area contributed by atoms with Crippen LogP contribution in [0.2, 0.25) is 0 Å². The Morgan fingerprint density at radius 1 is 1.05 bits per heavy atom. The minimum atomic E-state index is 0. The fraction of sp³-hybridized carbons (Fsp3) is 0.933. The summed E-state index contributed by atoms with van der Waals surface area (Å²) in [6, 6.07) is 0. The van der Waals surface area contributed by atoms with E-state index in [-0.39, 0.29) is 23.6 Å². The van der Waals surface area contributed by atoms with E-state index in [9.17, 15) is 0 Å². The Hall–Kier alpha value is -0.0900. The first-order chi connectivity index (χ1) is 8.88. The Morgan fingerprint density at radius 2 is 1.68 bits per heavy atom. The molecule has 0 radical (unpaired) electrons. The van der Waals surface area contributed by atoms with Gasteiger partial charge in [-0.15, -0.1) is 17.0 Å². The molecular weight excluding hydrogens is 304 g/mol. The number of rotatable bonds is 11. The number of aliphatic hydroxyl groups is 1. The van der Waals surface area contributed by atoms with Gasteiger partial charge in [-0.2, -0.15) is 0 Å². The molecule has 1 aliphatic rings. The largest absolute Gasteiger partial charge is 0.395 e. The van der Waals surface area contributed by atoms with Gasteiger partial charge in [-0.25, -0.2) is 0 Å². The number of hydrogen-bond acceptors (Lipinski definition) is 3. The molecule has 0 aliphatic carbocycles. The Labute approximate surface area is 129 Å². The Morgan fingerprint density at radius 3 is 2.32 bits per heavy atom. The van der Waals surface area contributed by atoms with Crippen LogP contribution in [-0.2, 0) is 0 Å². The van der Waals surface area contributed by atoms with Crippen molar-refractivity contribution in [2.75, 3.05) is 26.2 Å². The molecule has 0 aromatic rings. The summed E-state index contributed by atoms with van der Waals surface area (Å²) in [6.45, 7) is 5.20. The lowest BCUT2D eigenvalue weighted by molar-refractivity contribution is 0.255. The third-order valence-electron chi connectivity index (χ3n) is 3.65. The number of halogens is 1. The molecular formula is C15H31BrN2O. The highest BCUT2D eigenvalue weighted by Crippen LogP contribution is 2.12. The lowest BCUT2D eigenvalue weighted by atomic mass is 10.1. The van der Waals surface area contributed by atoms with Gasteiger partial charge in [0, 0.05) is 19.5 Å². The zero-order chi connectivity index (χ0) is 13.1. The van der Waals surface area contributed by atoms with Crippen LogP contribution in [0.25, 0.3) is 0 Å². The molecule has 4 heteroatoms. The Bertz CT molecular complexity index is 234. The molecule has 0 bridgehead atoms. The zero-order valence-electron chi connectivity index (χ0n) is 12.4. The van der Waals surface area contributed by atoms with E-state index in [0.29, 0.717) is 0 Å². The van der Waals surface area contributed by atoms with E-state index in [1.54, 1.807) is 0 Å². The molecule has 1 heterocycles. The van der Waals surface area contributed by atoms with E-state index in [2.05, 4.69) is 16.8 Å². The minimum Gasteiger partial charge on any atom is -0.395 e. The lowest BCUT2D eigenvalue weighted by Gasteiger charge is -2.18. The molecule has 1 aliphatic heterocycles. The highest BCUT2D eigenvalue weighted by atomic mass is 79.9. The van der Waals surface area contributed by atoms with E-state index < -0.39 is 0 Å². The highest BCUT2D eigenvalue weighted by molar-refractivity contribution is 8.93. The smallest absolute Gasteiger partial charge is 0.0991 e. The first-order valence-electron chi connectivity index (χ1n) is 7.77. The van der Waals surface area contributed by atoms with Gasteiger partial charge in [0.25, 0.3) is 0 Å². The number of aliphatic hydroxyl groups excluding tert-OH is 1. The lowest BCUT2D eigenvalue weighted by Crippen LogP contribution is -2.30. The number of hydrogen-bond donors (Lipinski definition) is 1. The van der Waals surface area contributed by atoms with Crippen LogP contribution in [-0.4, -0.2) is 42.1 Å². The van der Waals surface area contributed by atoms with Crippen LogP contribution in [0, 0.1) is 0 Å². The van der Waals surface area contributed by atoms with E-state index in [1.165, 1.54) is 57.2 Å². The first kappa shape index (κ1) is 18.9. The molecule has 0 saturated carbocycles. The van der Waals surface area contributed by atoms with Gasteiger partial charge in [0.1, 0.15) is 0 Å². The predicted molar refractivity (Wildman–Crippen MR) is 88.5 cm³/mol. The molecule has 114 valence electrons. The molecule has 0 saturated heterocycles. The van der Waals surface area contributed by atoms with Gasteiger partial charge in [-0.1, -0.05) is 51.9 Å². The number of β-amino-alcohol motifs (C(OH)–C–C–N with tert-alkyl or cyclic N) is 1. The van der Waals surface area contributed by atoms with E-state index in [4.69, 9.17) is 5.11 Å². The van der Waals surface area contributed by atoms with Gasteiger partial charge in [0.2, 0.25) is 0 Å². The summed E-state index contributed by atoms with van der Waals surface area (Å²) in [6.07, 6.45) is 12.0. The molecule has 0 aromatic carbocycles. The topological polar surface area (TPSA) is 35.8 Å². The Balaban J connectivity index is 0.00000324. The normalized spacial score (nSPS) is 14.4. The maximum atomic E-state index is 8.96. The van der Waals surface area contributed by atoms with Gasteiger partial charge in [0.15, 0.2) is 0 Å². The molecule has 0 fully saturated rings. The number of nitrogens with zero attached hydrogens (tertiary/aromatic N) is 2. The van der Waals surface area contributed by atoms with E-state index >= 15 is 0 Å². The number of amidine groups is 1. The predicted octanol–water partition coefficient (Wildman–Crippen LogP) is 3.80. The van der Waals surface area contributed by atoms with Gasteiger partial charge in [-0.05, 0) is 6.42 Å². The maximum Gasteiger partial charge on any atom is 0.0991 e. The number of aliphatic imine (C=N–C) groups is 1. The summed E-state index contributed by atoms with van der Waals surface area (Å²) in [4.78, 5) is 6.76. The molecule has 0 unspecified atom stereocenters. The fourth-order valence-corrected chi connectivity index (χ4v) is 2.54. The second kappa shape index (κ2) is 12.9. The third kappa shape index (κ3) is 8.64. The summed E-state index contributed by atoms with van der Waals surface area (Å²) in [5, 5.41) is 8.96. The molecule has 3 nitrogen and oxygen atoms in total. The van der Waals surface area contributed by atoms with Gasteiger partial charge < -0.3 is 10.0 Å². The SMILES string of the molecule is Br.CCCCCCCCCCC1=NCCN1CCO. The molecule has 0 amide bonds. The maximum absolute atomic E-state index is 8.96. The van der Waals surface area contributed by atoms with Crippen molar-refractivity contribution in [3.05, 3.63) is 0 Å². The van der Waals surface area contributed by atoms with Crippen LogP contribution in [0.1, 0.15) is 64.7 Å². The summed E-state index contributed by atoms with van der Waals surface area (Å²) in [5.74, 6) is 1.23. The van der Waals surface area contributed by atoms with Gasteiger partial charge >= 0.3 is 0 Å². The molecule has 19 heavy (non-hydrogen) atoms. The van der Waals surface area contributed by atoms with Crippen molar-refractivity contribution in [2.45, 2.75) is 64.7 Å². The summed E-state index contributed by atoms with van der Waals surface area (Å²) in [5.41, 5.74) is 0. The third-order valence-corrected chi connectivity index (χ3v) is 3.65. The van der Waals surface area contributed by atoms with Crippen LogP contribution in [0.3, 0.4) is 0 Å². The Kier molecular flexibility index (Phi) is 12.9. The van der Waals surface area contributed by atoms with E-state index in [0.717, 1.165) is 26.1 Å². The quantitative estimate of drug-likeness (QED) is 0.583. The van der Waals surface area contributed by atoms with Crippen LogP contribution in [0.15, 0.2) is 4.99 Å². The van der Waals surface area contributed by atoms with Crippen molar-refractivity contribution >= 4 is 22.8 Å². The van der Waals surface area contributed by atoms with Gasteiger partial charge in [0.05, 0.1) is 19.0 Å². The van der Waals surface area contributed by atoms with E-state index in [1.807, 2.05) is 0 Å². The van der Waals surface area contributed by atoms with Crippen LogP contribution >= 0.6 is 17.0 Å². The van der Waals surface area contributed by atoms with Crippen molar-refractivity contribution in [3.63, 3.8) is 0 Å². The van der Waals surface area contributed by atoms with Crippen molar-refractivity contribution in [2.24, 2.45) is 4.99 Å². The van der Waals surface area contributed by atoms with Crippen molar-refractivity contribution in [1.82, 2.24) is 4.90 Å². The van der Waals surface area contributed by atoms with Crippen LogP contribution in [0.4, 0.5) is 0 Å². The molecule has 1 N–H and O–H groups in total. The average Bonchev–Trinajstić information content (AvgIpc) is 2.81.